The molecule has 0 spiro atoms. The summed E-state index contributed by atoms with van der Waals surface area (Å²) in [7, 11) is 0. The Bertz CT molecular complexity index is 651. The summed E-state index contributed by atoms with van der Waals surface area (Å²) in [5.41, 5.74) is 2.52. The average Bonchev–Trinajstić information content (AvgIpc) is 2.57. The van der Waals surface area contributed by atoms with E-state index in [9.17, 15) is 9.59 Å². The van der Waals surface area contributed by atoms with E-state index in [0.717, 1.165) is 11.4 Å². The fraction of sp³-hybridized carbons (Fsp3) is 0.263. The predicted molar refractivity (Wildman–Crippen MR) is 94.0 cm³/mol. The van der Waals surface area contributed by atoms with E-state index in [1.165, 1.54) is 0 Å². The van der Waals surface area contributed by atoms with E-state index in [0.29, 0.717) is 25.1 Å². The number of nitrogens with one attached hydrogen (secondary N) is 1. The van der Waals surface area contributed by atoms with Crippen LogP contribution in [0, 0.1) is 0 Å². The van der Waals surface area contributed by atoms with E-state index in [-0.39, 0.29) is 11.7 Å². The fourth-order valence-electron chi connectivity index (χ4n) is 2.38. The molecular weight excluding hydrogens is 288 g/mol. The second-order valence-electron chi connectivity index (χ2n) is 5.28. The molecule has 0 heterocycles. The number of hydrogen-bond donors (Lipinski definition) is 1. The molecule has 1 N–H and O–H groups in total. The van der Waals surface area contributed by atoms with Crippen LogP contribution in [0.1, 0.15) is 30.6 Å². The number of hydrogen-bond acceptors (Lipinski definition) is 3. The number of amides is 1. The summed E-state index contributed by atoms with van der Waals surface area (Å²) in [6, 6.07) is 17.0. The number of carbonyl (C=O) groups is 2. The lowest BCUT2D eigenvalue weighted by Gasteiger charge is -2.21. The first-order valence-electron chi connectivity index (χ1n) is 7.82. The van der Waals surface area contributed by atoms with Crippen molar-refractivity contribution in [2.24, 2.45) is 0 Å². The predicted octanol–water partition coefficient (Wildman–Crippen LogP) is 3.74. The van der Waals surface area contributed by atoms with E-state index in [1.54, 1.807) is 24.0 Å². The number of anilines is 2. The molecular formula is C19H22N2O2. The Balaban J connectivity index is 1.87. The molecule has 0 aliphatic heterocycles. The van der Waals surface area contributed by atoms with Gasteiger partial charge in [0.2, 0.25) is 5.91 Å². The van der Waals surface area contributed by atoms with Gasteiger partial charge in [-0.05, 0) is 50.2 Å². The van der Waals surface area contributed by atoms with Crippen molar-refractivity contribution >= 4 is 23.1 Å². The molecule has 4 nitrogen and oxygen atoms in total. The molecule has 0 bridgehead atoms. The summed E-state index contributed by atoms with van der Waals surface area (Å²) in [6.07, 6.45) is 0.414. The third-order valence-electron chi connectivity index (χ3n) is 3.64. The number of rotatable bonds is 7. The number of carbonyl (C=O) groups excluding carboxylic acids is 2. The molecule has 0 unspecified atom stereocenters. The van der Waals surface area contributed by atoms with Gasteiger partial charge < -0.3 is 10.2 Å². The third kappa shape index (κ3) is 4.68. The van der Waals surface area contributed by atoms with Gasteiger partial charge in [0.25, 0.3) is 0 Å². The summed E-state index contributed by atoms with van der Waals surface area (Å²) in [5, 5.41) is 3.21. The molecule has 2 aromatic rings. The van der Waals surface area contributed by atoms with Crippen molar-refractivity contribution in [3.63, 3.8) is 0 Å². The van der Waals surface area contributed by atoms with Gasteiger partial charge in [-0.25, -0.2) is 0 Å². The van der Waals surface area contributed by atoms with E-state index in [4.69, 9.17) is 0 Å². The van der Waals surface area contributed by atoms with Crippen LogP contribution in [-0.4, -0.2) is 24.8 Å². The lowest BCUT2D eigenvalue weighted by molar-refractivity contribution is -0.118. The second-order valence-corrected chi connectivity index (χ2v) is 5.28. The van der Waals surface area contributed by atoms with Gasteiger partial charge in [0, 0.05) is 36.4 Å². The van der Waals surface area contributed by atoms with Gasteiger partial charge in [-0.2, -0.15) is 0 Å². The lowest BCUT2D eigenvalue weighted by atomic mass is 10.1. The molecule has 2 aromatic carbocycles. The van der Waals surface area contributed by atoms with Crippen molar-refractivity contribution in [1.82, 2.24) is 0 Å². The van der Waals surface area contributed by atoms with Gasteiger partial charge in [-0.1, -0.05) is 18.2 Å². The quantitative estimate of drug-likeness (QED) is 0.792. The monoisotopic (exact) mass is 310 g/mol. The number of nitrogens with zero attached hydrogens (tertiary/aromatic N) is 1. The number of Topliss-reactive ketones (excluding diaryl/α,β-unsaturated/α-hetero) is 1. The van der Waals surface area contributed by atoms with Crippen molar-refractivity contribution in [2.75, 3.05) is 23.3 Å². The molecule has 0 aliphatic carbocycles. The van der Waals surface area contributed by atoms with E-state index < -0.39 is 0 Å². The van der Waals surface area contributed by atoms with Crippen LogP contribution in [-0.2, 0) is 4.79 Å². The van der Waals surface area contributed by atoms with Gasteiger partial charge in [-0.15, -0.1) is 0 Å². The van der Waals surface area contributed by atoms with Crippen molar-refractivity contribution in [1.29, 1.82) is 0 Å². The summed E-state index contributed by atoms with van der Waals surface area (Å²) >= 11 is 0. The molecule has 0 fully saturated rings. The van der Waals surface area contributed by atoms with Crippen LogP contribution in [0.5, 0.6) is 0 Å². The highest BCUT2D eigenvalue weighted by atomic mass is 16.2. The molecule has 0 saturated heterocycles. The largest absolute Gasteiger partial charge is 0.385 e. The fourth-order valence-corrected chi connectivity index (χ4v) is 2.38. The van der Waals surface area contributed by atoms with Gasteiger partial charge in [0.05, 0.1) is 0 Å². The first-order valence-corrected chi connectivity index (χ1v) is 7.82. The maximum Gasteiger partial charge on any atom is 0.228 e. The third-order valence-corrected chi connectivity index (χ3v) is 3.64. The molecule has 2 rings (SSSR count). The second kappa shape index (κ2) is 8.13. The molecule has 0 aromatic heterocycles. The lowest BCUT2D eigenvalue weighted by Crippen LogP contribution is -2.31. The number of para-hydroxylation sites is 1. The molecule has 1 amide bonds. The SMILES string of the molecule is CCN(C(=O)CCNc1ccc(C(C)=O)cc1)c1ccccc1. The Morgan fingerprint density at radius 2 is 1.65 bits per heavy atom. The van der Waals surface area contributed by atoms with Gasteiger partial charge in [-0.3, -0.25) is 9.59 Å². The van der Waals surface area contributed by atoms with Crippen LogP contribution < -0.4 is 10.2 Å². The highest BCUT2D eigenvalue weighted by Gasteiger charge is 2.12. The molecule has 0 saturated carbocycles. The Kier molecular flexibility index (Phi) is 5.92. The van der Waals surface area contributed by atoms with E-state index >= 15 is 0 Å². The Morgan fingerprint density at radius 3 is 2.22 bits per heavy atom. The maximum absolute atomic E-state index is 12.3. The first kappa shape index (κ1) is 16.7. The average molecular weight is 310 g/mol. The Labute approximate surface area is 137 Å². The van der Waals surface area contributed by atoms with Crippen LogP contribution in [0.15, 0.2) is 54.6 Å². The molecule has 0 radical (unpaired) electrons. The topological polar surface area (TPSA) is 49.4 Å². The zero-order valence-electron chi connectivity index (χ0n) is 13.6. The minimum atomic E-state index is 0.0492. The molecule has 23 heavy (non-hydrogen) atoms. The Morgan fingerprint density at radius 1 is 1.00 bits per heavy atom. The van der Waals surface area contributed by atoms with Crippen LogP contribution in [0.3, 0.4) is 0 Å². The van der Waals surface area contributed by atoms with Crippen molar-refractivity contribution in [3.8, 4) is 0 Å². The number of benzene rings is 2. The maximum atomic E-state index is 12.3. The van der Waals surface area contributed by atoms with Crippen LogP contribution in [0.4, 0.5) is 11.4 Å². The highest BCUT2D eigenvalue weighted by Crippen LogP contribution is 2.14. The summed E-state index contributed by atoms with van der Waals surface area (Å²) in [5.74, 6) is 0.139. The van der Waals surface area contributed by atoms with E-state index in [2.05, 4.69) is 5.32 Å². The van der Waals surface area contributed by atoms with Crippen molar-refractivity contribution in [3.05, 3.63) is 60.2 Å². The molecule has 0 atom stereocenters. The summed E-state index contributed by atoms with van der Waals surface area (Å²) in [4.78, 5) is 25.4. The molecule has 4 heteroatoms. The van der Waals surface area contributed by atoms with Crippen LogP contribution in [0.25, 0.3) is 0 Å². The van der Waals surface area contributed by atoms with E-state index in [1.807, 2.05) is 49.4 Å². The zero-order chi connectivity index (χ0) is 16.7. The Hall–Kier alpha value is -2.62. The van der Waals surface area contributed by atoms with Crippen molar-refractivity contribution < 1.29 is 9.59 Å². The van der Waals surface area contributed by atoms with Gasteiger partial charge in [0.15, 0.2) is 5.78 Å². The smallest absolute Gasteiger partial charge is 0.228 e. The standard InChI is InChI=1S/C19H22N2O2/c1-3-21(18-7-5-4-6-8-18)19(23)13-14-20-17-11-9-16(10-12-17)15(2)22/h4-12,20H,3,13-14H2,1-2H3. The van der Waals surface area contributed by atoms with Crippen LogP contribution in [0.2, 0.25) is 0 Å². The van der Waals surface area contributed by atoms with Gasteiger partial charge in [0.1, 0.15) is 0 Å². The summed E-state index contributed by atoms with van der Waals surface area (Å²) in [6.45, 7) is 4.72. The first-order chi connectivity index (χ1) is 11.1. The minimum Gasteiger partial charge on any atom is -0.385 e. The summed E-state index contributed by atoms with van der Waals surface area (Å²) < 4.78 is 0. The molecule has 120 valence electrons. The highest BCUT2D eigenvalue weighted by molar-refractivity contribution is 5.94. The van der Waals surface area contributed by atoms with Crippen LogP contribution >= 0.6 is 0 Å². The normalized spacial score (nSPS) is 10.2. The number of ketones is 1. The van der Waals surface area contributed by atoms with Crippen molar-refractivity contribution in [2.45, 2.75) is 20.3 Å². The molecule has 0 aliphatic rings. The minimum absolute atomic E-state index is 0.0492. The van der Waals surface area contributed by atoms with Gasteiger partial charge >= 0.3 is 0 Å². The zero-order valence-corrected chi connectivity index (χ0v) is 13.6.